The fourth-order valence-corrected chi connectivity index (χ4v) is 1.87. The summed E-state index contributed by atoms with van der Waals surface area (Å²) in [6.45, 7) is 3.21. The van der Waals surface area contributed by atoms with Gasteiger partial charge in [-0.05, 0) is 19.3 Å². The van der Waals surface area contributed by atoms with Gasteiger partial charge in [0.1, 0.15) is 12.3 Å². The fraction of sp³-hybridized carbons (Fsp3) is 0.636. The zero-order valence-electron chi connectivity index (χ0n) is 9.45. The number of carbonyl (C=O) groups is 2. The molecule has 0 bridgehead atoms. The minimum Gasteiger partial charge on any atom is -0.481 e. The first-order chi connectivity index (χ1) is 7.97. The van der Waals surface area contributed by atoms with Crippen LogP contribution in [-0.2, 0) is 9.53 Å². The summed E-state index contributed by atoms with van der Waals surface area (Å²) in [4.78, 5) is 21.7. The molecule has 2 N–H and O–H groups in total. The Bertz CT molecular complexity index is 321. The number of hydrogen-bond acceptors (Lipinski definition) is 3. The lowest BCUT2D eigenvalue weighted by Crippen LogP contribution is -2.38. The van der Waals surface area contributed by atoms with E-state index in [4.69, 9.17) is 5.11 Å². The quantitative estimate of drug-likeness (QED) is 0.719. The van der Waals surface area contributed by atoms with E-state index in [0.29, 0.717) is 6.42 Å². The summed E-state index contributed by atoms with van der Waals surface area (Å²) >= 11 is 0. The van der Waals surface area contributed by atoms with Crippen LogP contribution in [0.15, 0.2) is 12.7 Å². The lowest BCUT2D eigenvalue weighted by molar-refractivity contribution is -0.141. The lowest BCUT2D eigenvalue weighted by atomic mass is 10.0. The molecule has 2 atom stereocenters. The smallest absolute Gasteiger partial charge is 0.407 e. The van der Waals surface area contributed by atoms with Gasteiger partial charge in [-0.3, -0.25) is 4.79 Å². The van der Waals surface area contributed by atoms with Crippen LogP contribution in [0.1, 0.15) is 19.3 Å². The molecule has 1 aliphatic rings. The van der Waals surface area contributed by atoms with Gasteiger partial charge in [-0.2, -0.15) is 0 Å². The van der Waals surface area contributed by atoms with Gasteiger partial charge in [0.25, 0.3) is 0 Å². The molecule has 0 aromatic heterocycles. The number of rotatable bonds is 5. The van der Waals surface area contributed by atoms with E-state index in [1.54, 1.807) is 0 Å². The average molecular weight is 245 g/mol. The molecule has 17 heavy (non-hydrogen) atoms. The van der Waals surface area contributed by atoms with Crippen molar-refractivity contribution in [2.24, 2.45) is 5.92 Å². The van der Waals surface area contributed by atoms with E-state index < -0.39 is 23.6 Å². The highest BCUT2D eigenvalue weighted by Crippen LogP contribution is 2.37. The summed E-state index contributed by atoms with van der Waals surface area (Å²) in [7, 11) is 0. The largest absolute Gasteiger partial charge is 0.481 e. The average Bonchev–Trinajstić information content (AvgIpc) is 2.67. The van der Waals surface area contributed by atoms with Gasteiger partial charge in [-0.25, -0.2) is 9.18 Å². The molecule has 6 heteroatoms. The molecule has 0 saturated heterocycles. The molecule has 5 nitrogen and oxygen atoms in total. The van der Waals surface area contributed by atoms with Crippen LogP contribution in [0.5, 0.6) is 0 Å². The van der Waals surface area contributed by atoms with Crippen LogP contribution in [0.4, 0.5) is 9.18 Å². The number of alkyl carbamates (subject to hydrolysis) is 1. The summed E-state index contributed by atoms with van der Waals surface area (Å²) in [6.07, 6.45) is 1.06. The van der Waals surface area contributed by atoms with Gasteiger partial charge in [-0.15, -0.1) is 0 Å². The highest BCUT2D eigenvalue weighted by atomic mass is 19.1. The molecule has 1 rings (SSSR count). The van der Waals surface area contributed by atoms with Crippen molar-refractivity contribution in [1.29, 1.82) is 0 Å². The summed E-state index contributed by atoms with van der Waals surface area (Å²) < 4.78 is 18.7. The zero-order chi connectivity index (χ0) is 12.9. The number of ether oxygens (including phenoxy) is 1. The van der Waals surface area contributed by atoms with Crippen molar-refractivity contribution in [2.75, 3.05) is 13.2 Å². The van der Waals surface area contributed by atoms with E-state index in [1.165, 1.54) is 6.08 Å². The number of nitrogens with one attached hydrogen (secondary N) is 1. The molecular formula is C11H16FNO4. The predicted molar refractivity (Wildman–Crippen MR) is 58.4 cm³/mol. The molecule has 1 amide bonds. The van der Waals surface area contributed by atoms with Crippen LogP contribution in [0.25, 0.3) is 0 Å². The first-order valence-corrected chi connectivity index (χ1v) is 5.40. The van der Waals surface area contributed by atoms with Crippen molar-refractivity contribution < 1.29 is 23.8 Å². The highest BCUT2D eigenvalue weighted by Gasteiger charge is 2.42. The van der Waals surface area contributed by atoms with Crippen molar-refractivity contribution in [3.05, 3.63) is 12.7 Å². The molecule has 0 radical (unpaired) electrons. The van der Waals surface area contributed by atoms with E-state index in [0.717, 1.165) is 0 Å². The lowest BCUT2D eigenvalue weighted by Gasteiger charge is -2.19. The van der Waals surface area contributed by atoms with Gasteiger partial charge in [0.2, 0.25) is 0 Å². The number of alkyl halides is 1. The van der Waals surface area contributed by atoms with Crippen LogP contribution in [0.3, 0.4) is 0 Å². The number of carbonyl (C=O) groups excluding carboxylic acids is 1. The zero-order valence-corrected chi connectivity index (χ0v) is 9.45. The Labute approximate surface area is 98.6 Å². The number of halogens is 1. The number of aliphatic carboxylic acids is 1. The molecule has 1 aliphatic carbocycles. The maximum Gasteiger partial charge on any atom is 0.407 e. The first kappa shape index (κ1) is 13.5. The molecule has 0 aromatic rings. The number of carboxylic acids is 1. The Balaban J connectivity index is 2.34. The SMILES string of the molecule is C=CCOC(=O)NC[C@]1(F)CC[C@@H](C(=O)O)C1. The molecule has 0 aromatic carbocycles. The van der Waals surface area contributed by atoms with Crippen molar-refractivity contribution >= 4 is 12.1 Å². The normalized spacial score (nSPS) is 27.5. The van der Waals surface area contributed by atoms with E-state index in [2.05, 4.69) is 16.6 Å². The second-order valence-corrected chi connectivity index (χ2v) is 4.17. The first-order valence-electron chi connectivity index (χ1n) is 5.40. The van der Waals surface area contributed by atoms with Crippen LogP contribution < -0.4 is 5.32 Å². The molecule has 0 aliphatic heterocycles. The van der Waals surface area contributed by atoms with Gasteiger partial charge in [-0.1, -0.05) is 12.7 Å². The molecule has 1 fully saturated rings. The number of hydrogen-bond donors (Lipinski definition) is 2. The summed E-state index contributed by atoms with van der Waals surface area (Å²) in [5.74, 6) is -1.65. The summed E-state index contributed by atoms with van der Waals surface area (Å²) in [5.41, 5.74) is -1.64. The predicted octanol–water partition coefficient (Wildman–Crippen LogP) is 1.49. The van der Waals surface area contributed by atoms with Crippen LogP contribution in [0.2, 0.25) is 0 Å². The number of carboxylic acid groups (broad SMARTS) is 1. The van der Waals surface area contributed by atoms with Crippen molar-refractivity contribution in [3.8, 4) is 0 Å². The van der Waals surface area contributed by atoms with Crippen LogP contribution in [0, 0.1) is 5.92 Å². The van der Waals surface area contributed by atoms with Gasteiger partial charge < -0.3 is 15.2 Å². The minimum atomic E-state index is -1.64. The fourth-order valence-electron chi connectivity index (χ4n) is 1.87. The Kier molecular flexibility index (Phi) is 4.48. The second-order valence-electron chi connectivity index (χ2n) is 4.17. The van der Waals surface area contributed by atoms with Gasteiger partial charge in [0.15, 0.2) is 0 Å². The Morgan fingerprint density at radius 2 is 2.35 bits per heavy atom. The highest BCUT2D eigenvalue weighted by molar-refractivity contribution is 5.70. The van der Waals surface area contributed by atoms with E-state index >= 15 is 0 Å². The Hall–Kier alpha value is -1.59. The summed E-state index contributed by atoms with van der Waals surface area (Å²) in [5, 5.41) is 11.0. The minimum absolute atomic E-state index is 0.0584. The van der Waals surface area contributed by atoms with Gasteiger partial charge in [0, 0.05) is 0 Å². The van der Waals surface area contributed by atoms with Gasteiger partial charge in [0.05, 0.1) is 12.5 Å². The van der Waals surface area contributed by atoms with Crippen LogP contribution in [-0.4, -0.2) is 36.0 Å². The maximum atomic E-state index is 14.1. The molecule has 96 valence electrons. The third-order valence-electron chi connectivity index (χ3n) is 2.78. The standard InChI is InChI=1S/C11H16FNO4/c1-2-5-17-10(16)13-7-11(12)4-3-8(6-11)9(14)15/h2,8H,1,3-7H2,(H,13,16)(H,14,15)/t8-,11+/m1/s1. The summed E-state index contributed by atoms with van der Waals surface area (Å²) in [6, 6.07) is 0. The third-order valence-corrected chi connectivity index (χ3v) is 2.78. The topological polar surface area (TPSA) is 75.6 Å². The van der Waals surface area contributed by atoms with Gasteiger partial charge >= 0.3 is 12.1 Å². The molecular weight excluding hydrogens is 229 g/mol. The van der Waals surface area contributed by atoms with E-state index in [9.17, 15) is 14.0 Å². The Morgan fingerprint density at radius 1 is 1.65 bits per heavy atom. The van der Waals surface area contributed by atoms with Crippen LogP contribution >= 0.6 is 0 Å². The molecule has 0 heterocycles. The van der Waals surface area contributed by atoms with E-state index in [-0.39, 0.29) is 26.0 Å². The molecule has 0 spiro atoms. The van der Waals surface area contributed by atoms with Crippen molar-refractivity contribution in [3.63, 3.8) is 0 Å². The van der Waals surface area contributed by atoms with Crippen molar-refractivity contribution in [2.45, 2.75) is 24.9 Å². The monoisotopic (exact) mass is 245 g/mol. The number of amides is 1. The molecule has 0 unspecified atom stereocenters. The van der Waals surface area contributed by atoms with Crippen molar-refractivity contribution in [1.82, 2.24) is 5.32 Å². The third kappa shape index (κ3) is 4.05. The van der Waals surface area contributed by atoms with E-state index in [1.807, 2.05) is 0 Å². The molecule has 1 saturated carbocycles. The second kappa shape index (κ2) is 5.65. The maximum absolute atomic E-state index is 14.1. The Morgan fingerprint density at radius 3 is 2.88 bits per heavy atom.